The van der Waals surface area contributed by atoms with E-state index in [1.165, 1.54) is 25.7 Å². The van der Waals surface area contributed by atoms with Gasteiger partial charge in [-0.1, -0.05) is 6.92 Å². The van der Waals surface area contributed by atoms with Gasteiger partial charge in [-0.25, -0.2) is 4.98 Å². The zero-order valence-corrected chi connectivity index (χ0v) is 13.5. The normalized spacial score (nSPS) is 23.6. The lowest BCUT2D eigenvalue weighted by Gasteiger charge is -2.33. The minimum atomic E-state index is -0.920. The van der Waals surface area contributed by atoms with Gasteiger partial charge in [0.15, 0.2) is 5.13 Å². The highest BCUT2D eigenvalue weighted by Gasteiger charge is 2.33. The fourth-order valence-corrected chi connectivity index (χ4v) is 3.64. The van der Waals surface area contributed by atoms with Gasteiger partial charge in [-0.2, -0.15) is 0 Å². The van der Waals surface area contributed by atoms with Crippen LogP contribution in [0.1, 0.15) is 52.1 Å². The van der Waals surface area contributed by atoms with Crippen molar-refractivity contribution in [2.45, 2.75) is 57.9 Å². The highest BCUT2D eigenvalue weighted by molar-refractivity contribution is 7.13. The Morgan fingerprint density at radius 3 is 2.55 bits per heavy atom. The van der Waals surface area contributed by atoms with Crippen LogP contribution in [0, 0.1) is 5.92 Å². The van der Waals surface area contributed by atoms with E-state index in [1.54, 1.807) is 25.2 Å². The molecule has 1 fully saturated rings. The molecule has 4 nitrogen and oxygen atoms in total. The molecule has 0 atom stereocenters. The molecule has 0 spiro atoms. The molecular formula is C15H24N2O2S. The number of aliphatic carboxylic acids is 1. The number of nitrogens with zero attached hydrogens (tertiary/aromatic N) is 2. The second-order valence-corrected chi connectivity index (χ2v) is 7.31. The predicted molar refractivity (Wildman–Crippen MR) is 82.6 cm³/mol. The smallest absolute Gasteiger partial charge is 0.315 e. The number of carboxylic acids is 1. The number of hydrogen-bond donors (Lipinski definition) is 1. The summed E-state index contributed by atoms with van der Waals surface area (Å²) >= 11 is 1.55. The molecule has 0 unspecified atom stereocenters. The Balaban J connectivity index is 2.10. The Kier molecular flexibility index (Phi) is 4.37. The van der Waals surface area contributed by atoms with Crippen molar-refractivity contribution in [2.24, 2.45) is 5.92 Å². The standard InChI is InChI=1S/C15H24N2O2S/c1-10-5-7-11(8-6-10)17(4)14-16-12(9-20-14)15(2,3)13(18)19/h9-11H,5-8H2,1-4H3,(H,18,19). The molecule has 0 aliphatic heterocycles. The Bertz CT molecular complexity index is 476. The van der Waals surface area contributed by atoms with Crippen LogP contribution < -0.4 is 4.90 Å². The van der Waals surface area contributed by atoms with Gasteiger partial charge < -0.3 is 10.0 Å². The molecule has 0 bridgehead atoms. The summed E-state index contributed by atoms with van der Waals surface area (Å²) in [6.45, 7) is 5.72. The van der Waals surface area contributed by atoms with E-state index in [4.69, 9.17) is 0 Å². The Morgan fingerprint density at radius 2 is 2.00 bits per heavy atom. The Hall–Kier alpha value is -1.10. The van der Waals surface area contributed by atoms with Crippen LogP contribution >= 0.6 is 11.3 Å². The van der Waals surface area contributed by atoms with Crippen LogP contribution in [0.3, 0.4) is 0 Å². The van der Waals surface area contributed by atoms with Gasteiger partial charge in [-0.3, -0.25) is 4.79 Å². The molecule has 0 radical (unpaired) electrons. The van der Waals surface area contributed by atoms with E-state index in [9.17, 15) is 9.90 Å². The fraction of sp³-hybridized carbons (Fsp3) is 0.733. The third-order valence-electron chi connectivity index (χ3n) is 4.50. The molecule has 1 heterocycles. The van der Waals surface area contributed by atoms with Crippen LogP contribution in [0.15, 0.2) is 5.38 Å². The first-order valence-electron chi connectivity index (χ1n) is 7.24. The van der Waals surface area contributed by atoms with E-state index in [1.807, 2.05) is 5.38 Å². The first-order chi connectivity index (χ1) is 9.32. The summed E-state index contributed by atoms with van der Waals surface area (Å²) in [5.41, 5.74) is -0.266. The summed E-state index contributed by atoms with van der Waals surface area (Å²) in [5.74, 6) is 0.000874. The van der Waals surface area contributed by atoms with Gasteiger partial charge in [0.1, 0.15) is 5.41 Å². The van der Waals surface area contributed by atoms with Gasteiger partial charge in [-0.05, 0) is 45.4 Å². The lowest BCUT2D eigenvalue weighted by atomic mass is 9.87. The SMILES string of the molecule is CC1CCC(N(C)c2nc(C(C)(C)C(=O)O)cs2)CC1. The number of aromatic nitrogens is 1. The first kappa shape index (κ1) is 15.3. The summed E-state index contributed by atoms with van der Waals surface area (Å²) < 4.78 is 0. The molecule has 1 aliphatic carbocycles. The number of carbonyl (C=O) groups is 1. The number of thiazole rings is 1. The minimum absolute atomic E-state index is 0.540. The van der Waals surface area contributed by atoms with E-state index in [-0.39, 0.29) is 0 Å². The fourth-order valence-electron chi connectivity index (χ4n) is 2.61. The Labute approximate surface area is 124 Å². The van der Waals surface area contributed by atoms with Gasteiger partial charge in [0.25, 0.3) is 0 Å². The second kappa shape index (κ2) is 5.72. The molecule has 1 N–H and O–H groups in total. The van der Waals surface area contributed by atoms with Gasteiger partial charge in [0, 0.05) is 18.5 Å². The Morgan fingerprint density at radius 1 is 1.40 bits per heavy atom. The summed E-state index contributed by atoms with van der Waals surface area (Å²) in [6, 6.07) is 0.540. The quantitative estimate of drug-likeness (QED) is 0.923. The van der Waals surface area contributed by atoms with Crippen molar-refractivity contribution < 1.29 is 9.90 Å². The van der Waals surface area contributed by atoms with Crippen molar-refractivity contribution in [3.05, 3.63) is 11.1 Å². The van der Waals surface area contributed by atoms with Crippen LogP contribution in [-0.2, 0) is 10.2 Å². The second-order valence-electron chi connectivity index (χ2n) is 6.47. The van der Waals surface area contributed by atoms with Crippen molar-refractivity contribution in [1.29, 1.82) is 0 Å². The van der Waals surface area contributed by atoms with Gasteiger partial charge >= 0.3 is 5.97 Å². The third kappa shape index (κ3) is 2.97. The molecule has 5 heteroatoms. The number of anilines is 1. The van der Waals surface area contributed by atoms with E-state index < -0.39 is 11.4 Å². The highest BCUT2D eigenvalue weighted by Crippen LogP contribution is 2.33. The van der Waals surface area contributed by atoms with Gasteiger partial charge in [-0.15, -0.1) is 11.3 Å². The molecule has 1 aromatic heterocycles. The monoisotopic (exact) mass is 296 g/mol. The van der Waals surface area contributed by atoms with Crippen molar-refractivity contribution >= 4 is 22.4 Å². The van der Waals surface area contributed by atoms with Crippen LogP contribution in [0.25, 0.3) is 0 Å². The van der Waals surface area contributed by atoms with Crippen LogP contribution in [0.5, 0.6) is 0 Å². The molecule has 1 aliphatic rings. The van der Waals surface area contributed by atoms with Crippen molar-refractivity contribution in [3.8, 4) is 0 Å². The molecule has 112 valence electrons. The molecule has 0 amide bonds. The highest BCUT2D eigenvalue weighted by atomic mass is 32.1. The maximum absolute atomic E-state index is 11.3. The number of hydrogen-bond acceptors (Lipinski definition) is 4. The molecule has 0 aromatic carbocycles. The lowest BCUT2D eigenvalue weighted by molar-refractivity contribution is -0.142. The lowest BCUT2D eigenvalue weighted by Crippen LogP contribution is -2.35. The summed E-state index contributed by atoms with van der Waals surface area (Å²) in [7, 11) is 2.08. The molecule has 1 saturated carbocycles. The van der Waals surface area contributed by atoms with Crippen LogP contribution in [0.4, 0.5) is 5.13 Å². The number of carboxylic acid groups (broad SMARTS) is 1. The molecule has 20 heavy (non-hydrogen) atoms. The first-order valence-corrected chi connectivity index (χ1v) is 8.12. The van der Waals surface area contributed by atoms with Crippen molar-refractivity contribution in [2.75, 3.05) is 11.9 Å². The van der Waals surface area contributed by atoms with Crippen molar-refractivity contribution in [1.82, 2.24) is 4.98 Å². The van der Waals surface area contributed by atoms with E-state index >= 15 is 0 Å². The zero-order valence-electron chi connectivity index (χ0n) is 12.7. The topological polar surface area (TPSA) is 53.4 Å². The van der Waals surface area contributed by atoms with E-state index in [2.05, 4.69) is 23.9 Å². The zero-order chi connectivity index (χ0) is 14.9. The maximum Gasteiger partial charge on any atom is 0.315 e. The maximum atomic E-state index is 11.3. The van der Waals surface area contributed by atoms with Crippen LogP contribution in [0.2, 0.25) is 0 Å². The van der Waals surface area contributed by atoms with Crippen LogP contribution in [-0.4, -0.2) is 29.1 Å². The largest absolute Gasteiger partial charge is 0.481 e. The molecule has 1 aromatic rings. The summed E-state index contributed by atoms with van der Waals surface area (Å²) in [5, 5.41) is 12.1. The third-order valence-corrected chi connectivity index (χ3v) is 5.43. The van der Waals surface area contributed by atoms with E-state index in [0.29, 0.717) is 11.7 Å². The minimum Gasteiger partial charge on any atom is -0.481 e. The summed E-state index contributed by atoms with van der Waals surface area (Å²) in [6.07, 6.45) is 4.95. The average molecular weight is 296 g/mol. The van der Waals surface area contributed by atoms with Gasteiger partial charge in [0.05, 0.1) is 5.69 Å². The van der Waals surface area contributed by atoms with Crippen molar-refractivity contribution in [3.63, 3.8) is 0 Å². The van der Waals surface area contributed by atoms with Gasteiger partial charge in [0.2, 0.25) is 0 Å². The molecular weight excluding hydrogens is 272 g/mol. The number of rotatable bonds is 4. The summed E-state index contributed by atoms with van der Waals surface area (Å²) in [4.78, 5) is 18.1. The predicted octanol–water partition coefficient (Wildman–Crippen LogP) is 3.52. The molecule has 0 saturated heterocycles. The molecule has 2 rings (SSSR count). The average Bonchev–Trinajstić information content (AvgIpc) is 2.88. The van der Waals surface area contributed by atoms with E-state index in [0.717, 1.165) is 11.0 Å².